The number of rotatable bonds is 5. The van der Waals surface area contributed by atoms with Crippen molar-refractivity contribution >= 4 is 13.1 Å². The summed E-state index contributed by atoms with van der Waals surface area (Å²) in [6, 6.07) is 0. The second-order valence-corrected chi connectivity index (χ2v) is 4.88. The van der Waals surface area contributed by atoms with Crippen LogP contribution in [0.3, 0.4) is 0 Å². The third-order valence-corrected chi connectivity index (χ3v) is 3.33. The van der Waals surface area contributed by atoms with Gasteiger partial charge in [-0.1, -0.05) is 0 Å². The first-order valence-electron chi connectivity index (χ1n) is 6.05. The number of aliphatic carboxylic acids is 1. The number of aliphatic hydroxyl groups is 1. The van der Waals surface area contributed by atoms with Crippen LogP contribution in [0.15, 0.2) is 0 Å². The summed E-state index contributed by atoms with van der Waals surface area (Å²) in [5, 5.41) is 31.0. The summed E-state index contributed by atoms with van der Waals surface area (Å²) in [6.45, 7) is 0. The van der Waals surface area contributed by atoms with E-state index in [4.69, 9.17) is 9.76 Å². The number of hydrogen-bond donors (Lipinski definition) is 4. The molecule has 17 heavy (non-hydrogen) atoms. The van der Waals surface area contributed by atoms with Crippen LogP contribution in [0.4, 0.5) is 0 Å². The molecular weight excluding hydrogens is 225 g/mol. The Morgan fingerprint density at radius 1 is 1.41 bits per heavy atom. The molecule has 6 nitrogen and oxygen atoms in total. The minimum absolute atomic E-state index is 0.0883. The fourth-order valence-electron chi connectivity index (χ4n) is 2.15. The van der Waals surface area contributed by atoms with E-state index in [9.17, 15) is 14.9 Å². The fourth-order valence-corrected chi connectivity index (χ4v) is 2.15. The lowest BCUT2D eigenvalue weighted by molar-refractivity contribution is -0.139. The van der Waals surface area contributed by atoms with Crippen molar-refractivity contribution in [1.29, 1.82) is 0 Å². The molecule has 0 bridgehead atoms. The van der Waals surface area contributed by atoms with Gasteiger partial charge >= 0.3 is 13.1 Å². The van der Waals surface area contributed by atoms with Gasteiger partial charge in [0.1, 0.15) is 6.23 Å². The van der Waals surface area contributed by atoms with Crippen molar-refractivity contribution in [2.24, 2.45) is 5.92 Å². The molecule has 0 aromatic heterocycles. The number of carboxylic acid groups (broad SMARTS) is 1. The second-order valence-electron chi connectivity index (χ2n) is 4.88. The molecule has 0 aromatic rings. The van der Waals surface area contributed by atoms with E-state index in [0.717, 1.165) is 12.8 Å². The molecule has 4 N–H and O–H groups in total. The lowest BCUT2D eigenvalue weighted by Crippen LogP contribution is -2.54. The minimum atomic E-state index is -1.04. The van der Waals surface area contributed by atoms with Crippen molar-refractivity contribution < 1.29 is 24.7 Å². The first-order valence-corrected chi connectivity index (χ1v) is 6.05. The van der Waals surface area contributed by atoms with E-state index in [1.807, 2.05) is 0 Å². The first kappa shape index (κ1) is 12.8. The van der Waals surface area contributed by atoms with E-state index in [2.05, 4.69) is 5.32 Å². The quantitative estimate of drug-likeness (QED) is 0.378. The Balaban J connectivity index is 1.76. The number of nitrogens with one attached hydrogen (secondary N) is 1. The monoisotopic (exact) mass is 243 g/mol. The third kappa shape index (κ3) is 3.67. The summed E-state index contributed by atoms with van der Waals surface area (Å²) in [7, 11) is -1.04. The van der Waals surface area contributed by atoms with Crippen LogP contribution in [0.1, 0.15) is 32.1 Å². The van der Waals surface area contributed by atoms with Crippen LogP contribution in [-0.4, -0.2) is 46.6 Å². The number of hydrogen-bond acceptors (Lipinski definition) is 5. The van der Waals surface area contributed by atoms with Crippen molar-refractivity contribution in [3.8, 4) is 0 Å². The zero-order chi connectivity index (χ0) is 12.4. The van der Waals surface area contributed by atoms with Crippen molar-refractivity contribution in [1.82, 2.24) is 5.32 Å². The highest BCUT2D eigenvalue weighted by Crippen LogP contribution is 2.32. The highest BCUT2D eigenvalue weighted by atomic mass is 16.5. The highest BCUT2D eigenvalue weighted by molar-refractivity contribution is 6.45. The highest BCUT2D eigenvalue weighted by Gasteiger charge is 2.39. The molecule has 96 valence electrons. The third-order valence-electron chi connectivity index (χ3n) is 3.33. The number of carboxylic acids is 1. The molecule has 2 unspecified atom stereocenters. The summed E-state index contributed by atoms with van der Waals surface area (Å²) in [5.74, 6) is -0.943. The van der Waals surface area contributed by atoms with E-state index < -0.39 is 25.4 Å². The normalized spacial score (nSPS) is 31.3. The van der Waals surface area contributed by atoms with Crippen LogP contribution in [0.25, 0.3) is 0 Å². The van der Waals surface area contributed by atoms with Crippen LogP contribution in [-0.2, 0) is 9.45 Å². The first-order chi connectivity index (χ1) is 8.06. The molecule has 0 aromatic carbocycles. The fraction of sp³-hybridized carbons (Fsp3) is 0.900. The van der Waals surface area contributed by atoms with E-state index >= 15 is 0 Å². The number of aliphatic hydroxyl groups excluding tert-OH is 1. The van der Waals surface area contributed by atoms with Crippen molar-refractivity contribution in [3.05, 3.63) is 0 Å². The lowest BCUT2D eigenvalue weighted by atomic mass is 9.72. The van der Waals surface area contributed by atoms with Gasteiger partial charge in [-0.05, 0) is 31.6 Å². The molecule has 2 aliphatic rings. The summed E-state index contributed by atoms with van der Waals surface area (Å²) < 4.78 is 5.21. The molecule has 2 fully saturated rings. The summed E-state index contributed by atoms with van der Waals surface area (Å²) in [4.78, 5) is 10.5. The Bertz CT molecular complexity index is 286. The molecule has 0 spiro atoms. The summed E-state index contributed by atoms with van der Waals surface area (Å²) in [6.07, 6.45) is 2.11. The smallest absolute Gasteiger partial charge is 0.472 e. The predicted octanol–water partition coefficient (Wildman–Crippen LogP) is -0.654. The average Bonchev–Trinajstić information content (AvgIpc) is 3.04. The Hall–Kier alpha value is -0.625. The van der Waals surface area contributed by atoms with Crippen molar-refractivity contribution in [3.63, 3.8) is 0 Å². The SMILES string of the molecule is O=C(O)CC1CC[C@H](NC(O)C2CC2)B(O)O1. The Kier molecular flexibility index (Phi) is 4.03. The molecule has 1 aliphatic heterocycles. The van der Waals surface area contributed by atoms with Gasteiger partial charge < -0.3 is 19.9 Å². The molecule has 1 saturated carbocycles. The minimum Gasteiger partial charge on any atom is -0.481 e. The van der Waals surface area contributed by atoms with E-state index in [1.165, 1.54) is 0 Å². The van der Waals surface area contributed by atoms with Gasteiger partial charge in [-0.2, -0.15) is 0 Å². The molecule has 1 heterocycles. The van der Waals surface area contributed by atoms with E-state index in [1.54, 1.807) is 0 Å². The van der Waals surface area contributed by atoms with Gasteiger partial charge in [0.2, 0.25) is 0 Å². The number of carbonyl (C=O) groups is 1. The zero-order valence-electron chi connectivity index (χ0n) is 9.58. The molecule has 1 saturated heterocycles. The molecule has 7 heteroatoms. The average molecular weight is 243 g/mol. The van der Waals surface area contributed by atoms with Gasteiger partial charge in [0.25, 0.3) is 0 Å². The second kappa shape index (κ2) is 5.35. The maximum Gasteiger partial charge on any atom is 0.472 e. The van der Waals surface area contributed by atoms with Crippen LogP contribution >= 0.6 is 0 Å². The molecular formula is C10H18BNO5. The Morgan fingerprint density at radius 2 is 2.12 bits per heavy atom. The van der Waals surface area contributed by atoms with Gasteiger partial charge in [0.15, 0.2) is 0 Å². The predicted molar refractivity (Wildman–Crippen MR) is 60.0 cm³/mol. The summed E-state index contributed by atoms with van der Waals surface area (Å²) >= 11 is 0. The van der Waals surface area contributed by atoms with Crippen LogP contribution in [0.2, 0.25) is 0 Å². The van der Waals surface area contributed by atoms with E-state index in [-0.39, 0.29) is 12.4 Å². The maximum absolute atomic E-state index is 10.5. The van der Waals surface area contributed by atoms with Crippen LogP contribution < -0.4 is 5.32 Å². The van der Waals surface area contributed by atoms with Crippen molar-refractivity contribution in [2.45, 2.75) is 50.4 Å². The molecule has 0 radical (unpaired) electrons. The topological polar surface area (TPSA) is 99.0 Å². The Morgan fingerprint density at radius 3 is 2.65 bits per heavy atom. The molecule has 2 rings (SSSR count). The Labute approximate surface area is 100 Å². The lowest BCUT2D eigenvalue weighted by Gasteiger charge is -2.32. The maximum atomic E-state index is 10.5. The van der Waals surface area contributed by atoms with Gasteiger partial charge in [-0.3, -0.25) is 10.1 Å². The standard InChI is InChI=1S/C10H18BNO5/c13-9(14)5-7-3-4-8(11(16)17-7)12-10(15)6-1-2-6/h6-8,10,12,15-16H,1-5H2,(H,13,14)/t7?,8-,10?/m0/s1. The van der Waals surface area contributed by atoms with Crippen molar-refractivity contribution in [2.75, 3.05) is 0 Å². The van der Waals surface area contributed by atoms with E-state index in [0.29, 0.717) is 18.8 Å². The molecule has 3 atom stereocenters. The van der Waals surface area contributed by atoms with Crippen LogP contribution in [0, 0.1) is 5.92 Å². The zero-order valence-corrected chi connectivity index (χ0v) is 9.58. The van der Waals surface area contributed by atoms with Gasteiger partial charge in [-0.15, -0.1) is 0 Å². The largest absolute Gasteiger partial charge is 0.481 e. The van der Waals surface area contributed by atoms with Crippen LogP contribution in [0.5, 0.6) is 0 Å². The summed E-state index contributed by atoms with van der Waals surface area (Å²) in [5.41, 5.74) is 0. The molecule has 0 amide bonds. The van der Waals surface area contributed by atoms with Gasteiger partial charge in [0.05, 0.1) is 12.5 Å². The van der Waals surface area contributed by atoms with Gasteiger partial charge in [-0.25, -0.2) is 0 Å². The van der Waals surface area contributed by atoms with Gasteiger partial charge in [0, 0.05) is 5.94 Å². The molecule has 1 aliphatic carbocycles.